The van der Waals surface area contributed by atoms with Gasteiger partial charge in [-0.05, 0) is 23.5 Å². The average Bonchev–Trinajstić information content (AvgIpc) is 3.22. The summed E-state index contributed by atoms with van der Waals surface area (Å²) in [7, 11) is 1.51. The Morgan fingerprint density at radius 3 is 2.81 bits per heavy atom. The lowest BCUT2D eigenvalue weighted by molar-refractivity contribution is -0.730. The standard InChI is InChI=1S/C18H11Cl2N7O3S/c1-27-13(18(29)30-26-27)10-7(5-21)15(23)25-17-11(10)12(22)14(31-17)16(28)24-9-4-6(19)2-3-8(9)20/h2-4H,1H3,(H5-,22,23,24,25,26,28,29). The molecule has 0 aliphatic heterocycles. The first kappa shape index (κ1) is 20.7. The molecule has 3 heterocycles. The van der Waals surface area contributed by atoms with E-state index in [4.69, 9.17) is 39.2 Å². The number of halogens is 2. The highest BCUT2D eigenvalue weighted by Gasteiger charge is 2.31. The number of hydrogen-bond donors (Lipinski definition) is 3. The van der Waals surface area contributed by atoms with E-state index in [2.05, 4.69) is 15.2 Å². The molecule has 0 fully saturated rings. The third-order valence-corrected chi connectivity index (χ3v) is 6.02. The minimum absolute atomic E-state index is 0.00558. The summed E-state index contributed by atoms with van der Waals surface area (Å²) in [4.78, 5) is 20.8. The molecule has 4 rings (SSSR count). The summed E-state index contributed by atoms with van der Waals surface area (Å²) < 4.78 is 6.07. The number of nitrogens with one attached hydrogen (secondary N) is 1. The third-order valence-electron chi connectivity index (χ3n) is 4.38. The van der Waals surface area contributed by atoms with E-state index in [1.54, 1.807) is 6.07 Å². The second kappa shape index (κ2) is 7.59. The molecule has 0 atom stereocenters. The van der Waals surface area contributed by atoms with E-state index in [-0.39, 0.29) is 54.1 Å². The number of nitrogen functional groups attached to an aromatic ring is 2. The molecule has 3 aromatic heterocycles. The summed E-state index contributed by atoms with van der Waals surface area (Å²) in [5.41, 5.74) is 11.6. The van der Waals surface area contributed by atoms with E-state index in [0.717, 1.165) is 11.3 Å². The van der Waals surface area contributed by atoms with Crippen molar-refractivity contribution in [2.24, 2.45) is 12.0 Å². The van der Waals surface area contributed by atoms with Gasteiger partial charge in [0.2, 0.25) is 0 Å². The summed E-state index contributed by atoms with van der Waals surface area (Å²) in [5, 5.41) is 25.7. The van der Waals surface area contributed by atoms with Crippen molar-refractivity contribution in [2.45, 2.75) is 0 Å². The first-order chi connectivity index (χ1) is 14.7. The van der Waals surface area contributed by atoms with Gasteiger partial charge in [0, 0.05) is 10.9 Å². The number of hydrogen-bond acceptors (Lipinski definition) is 9. The second-order valence-corrected chi connectivity index (χ2v) is 8.13. The summed E-state index contributed by atoms with van der Waals surface area (Å²) in [5.74, 6) is -0.821. The van der Waals surface area contributed by atoms with Crippen molar-refractivity contribution < 1.29 is 14.3 Å². The van der Waals surface area contributed by atoms with Crippen molar-refractivity contribution >= 4 is 67.8 Å². The molecule has 0 saturated heterocycles. The fourth-order valence-corrected chi connectivity index (χ4v) is 4.34. The lowest BCUT2D eigenvalue weighted by atomic mass is 10.0. The molecule has 0 bridgehead atoms. The molecular weight excluding hydrogens is 465 g/mol. The highest BCUT2D eigenvalue weighted by molar-refractivity contribution is 7.21. The minimum Gasteiger partial charge on any atom is -0.858 e. The number of aliphatic imine (C=N–C) groups is 1. The average molecular weight is 476 g/mol. The van der Waals surface area contributed by atoms with Crippen molar-refractivity contribution in [3.63, 3.8) is 0 Å². The van der Waals surface area contributed by atoms with Crippen molar-refractivity contribution in [2.75, 3.05) is 11.5 Å². The molecule has 31 heavy (non-hydrogen) atoms. The Hall–Kier alpha value is -3.59. The molecule has 0 unspecified atom stereocenters. The van der Waals surface area contributed by atoms with Gasteiger partial charge in [0.25, 0.3) is 0 Å². The molecule has 1 aromatic carbocycles. The van der Waals surface area contributed by atoms with Crippen molar-refractivity contribution in [1.29, 1.82) is 5.26 Å². The van der Waals surface area contributed by atoms with Crippen LogP contribution in [0.15, 0.2) is 32.5 Å². The van der Waals surface area contributed by atoms with Gasteiger partial charge < -0.3 is 16.6 Å². The van der Waals surface area contributed by atoms with Crippen LogP contribution in [-0.2, 0) is 7.05 Å². The SMILES string of the molecule is C[n+]1[nH]oc(=O)c1-c1c(C#N)c(N)nc2sc(C([O-])=Nc3cc(Cl)ccc3Cl)c(N)c12. The van der Waals surface area contributed by atoms with E-state index < -0.39 is 11.5 Å². The van der Waals surface area contributed by atoms with Crippen LogP contribution in [0, 0.1) is 11.3 Å². The highest BCUT2D eigenvalue weighted by Crippen LogP contribution is 2.41. The molecule has 156 valence electrons. The first-order valence-corrected chi connectivity index (χ1v) is 10.0. The largest absolute Gasteiger partial charge is 0.858 e. The lowest BCUT2D eigenvalue weighted by Gasteiger charge is -2.10. The molecule has 10 nitrogen and oxygen atoms in total. The van der Waals surface area contributed by atoms with E-state index in [1.165, 1.54) is 23.9 Å². The number of nitrogens with two attached hydrogens (primary N) is 2. The van der Waals surface area contributed by atoms with E-state index in [9.17, 15) is 15.2 Å². The van der Waals surface area contributed by atoms with Crippen LogP contribution >= 0.6 is 34.5 Å². The number of aryl methyl sites for hydroxylation is 1. The van der Waals surface area contributed by atoms with Crippen LogP contribution in [0.4, 0.5) is 17.2 Å². The number of aromatic amines is 1. The fourth-order valence-electron chi connectivity index (χ4n) is 3.02. The van der Waals surface area contributed by atoms with Crippen LogP contribution in [-0.4, -0.2) is 16.2 Å². The third kappa shape index (κ3) is 3.36. The van der Waals surface area contributed by atoms with Gasteiger partial charge in [-0.25, -0.2) is 9.78 Å². The van der Waals surface area contributed by atoms with E-state index in [1.807, 2.05) is 6.07 Å². The Bertz CT molecular complexity index is 1500. The molecule has 5 N–H and O–H groups in total. The van der Waals surface area contributed by atoms with Crippen molar-refractivity contribution in [1.82, 2.24) is 10.3 Å². The Morgan fingerprint density at radius 1 is 1.42 bits per heavy atom. The maximum atomic E-state index is 12.9. The van der Waals surface area contributed by atoms with Gasteiger partial charge >= 0.3 is 11.3 Å². The normalized spacial score (nSPS) is 11.7. The van der Waals surface area contributed by atoms with Crippen LogP contribution in [0.2, 0.25) is 10.0 Å². The molecule has 0 amide bonds. The smallest absolute Gasteiger partial charge is 0.435 e. The molecule has 13 heteroatoms. The zero-order valence-corrected chi connectivity index (χ0v) is 17.9. The van der Waals surface area contributed by atoms with Gasteiger partial charge in [-0.2, -0.15) is 5.26 Å². The predicted molar refractivity (Wildman–Crippen MR) is 115 cm³/mol. The molecular formula is C18H11Cl2N7O3S. The number of nitrogens with zero attached hydrogens (tertiary/aromatic N) is 4. The molecule has 4 aromatic rings. The minimum atomic E-state index is -0.750. The van der Waals surface area contributed by atoms with Gasteiger partial charge in [0.05, 0.1) is 32.2 Å². The molecule has 0 radical (unpaired) electrons. The second-order valence-electron chi connectivity index (χ2n) is 6.28. The van der Waals surface area contributed by atoms with Crippen molar-refractivity contribution in [3.8, 4) is 17.3 Å². The molecule has 0 saturated carbocycles. The fraction of sp³-hybridized carbons (Fsp3) is 0.0556. The molecule has 0 spiro atoms. The topological polar surface area (TPSA) is 174 Å². The Balaban J connectivity index is 2.04. The number of fused-ring (bicyclic) bond motifs is 1. The Morgan fingerprint density at radius 2 is 2.16 bits per heavy atom. The van der Waals surface area contributed by atoms with Crippen LogP contribution in [0.1, 0.15) is 10.4 Å². The van der Waals surface area contributed by atoms with Gasteiger partial charge in [-0.15, -0.1) is 11.3 Å². The number of thiophene rings is 1. The zero-order chi connectivity index (χ0) is 22.4. The molecule has 0 aliphatic carbocycles. The van der Waals surface area contributed by atoms with Crippen molar-refractivity contribution in [3.05, 3.63) is 49.1 Å². The Labute approximate surface area is 187 Å². The van der Waals surface area contributed by atoms with Gasteiger partial charge in [0.1, 0.15) is 22.3 Å². The van der Waals surface area contributed by atoms with Crippen LogP contribution in [0.3, 0.4) is 0 Å². The predicted octanol–water partition coefficient (Wildman–Crippen LogP) is 1.85. The number of anilines is 2. The van der Waals surface area contributed by atoms with Crippen LogP contribution in [0.5, 0.6) is 0 Å². The van der Waals surface area contributed by atoms with E-state index >= 15 is 0 Å². The molecule has 0 aliphatic rings. The first-order valence-electron chi connectivity index (χ1n) is 8.43. The number of rotatable bonds is 3. The summed E-state index contributed by atoms with van der Waals surface area (Å²) in [6, 6.07) is 6.44. The number of pyridine rings is 1. The maximum absolute atomic E-state index is 12.9. The summed E-state index contributed by atoms with van der Waals surface area (Å²) >= 11 is 13.0. The number of nitriles is 1. The quantitative estimate of drug-likeness (QED) is 0.230. The number of aromatic nitrogens is 3. The zero-order valence-electron chi connectivity index (χ0n) is 15.6. The van der Waals surface area contributed by atoms with Gasteiger partial charge in [-0.3, -0.25) is 9.52 Å². The van der Waals surface area contributed by atoms with Gasteiger partial charge in [-0.1, -0.05) is 27.9 Å². The number of benzene rings is 1. The summed E-state index contributed by atoms with van der Waals surface area (Å²) in [6.45, 7) is 0. The Kier molecular flexibility index (Phi) is 5.06. The van der Waals surface area contributed by atoms with Crippen LogP contribution < -0.4 is 26.9 Å². The monoisotopic (exact) mass is 475 g/mol. The lowest BCUT2D eigenvalue weighted by Crippen LogP contribution is -2.34. The van der Waals surface area contributed by atoms with E-state index in [0.29, 0.717) is 5.02 Å². The van der Waals surface area contributed by atoms with Crippen LogP contribution in [0.25, 0.3) is 21.5 Å². The number of H-pyrrole nitrogens is 1. The highest BCUT2D eigenvalue weighted by atomic mass is 35.5. The van der Waals surface area contributed by atoms with Gasteiger partial charge in [0.15, 0.2) is 7.05 Å². The maximum Gasteiger partial charge on any atom is 0.435 e. The summed E-state index contributed by atoms with van der Waals surface area (Å²) in [6.07, 6.45) is 0.